The van der Waals surface area contributed by atoms with E-state index in [2.05, 4.69) is 28.2 Å². The van der Waals surface area contributed by atoms with E-state index in [1.54, 1.807) is 6.07 Å². The van der Waals surface area contributed by atoms with E-state index in [1.165, 1.54) is 24.3 Å². The number of rotatable bonds is 2. The maximum Gasteiger partial charge on any atom is 0.124 e. The summed E-state index contributed by atoms with van der Waals surface area (Å²) in [4.78, 5) is 0. The molecule has 0 radical (unpaired) electrons. The van der Waals surface area contributed by atoms with Crippen LogP contribution in [0.4, 0.5) is 10.1 Å². The minimum atomic E-state index is -0.207. The molecule has 82 valence electrons. The summed E-state index contributed by atoms with van der Waals surface area (Å²) in [7, 11) is 0. The number of hydrogen-bond donors (Lipinski definition) is 1. The van der Waals surface area contributed by atoms with Gasteiger partial charge in [0.1, 0.15) is 5.82 Å². The minimum Gasteiger partial charge on any atom is -0.380 e. The molecule has 2 unspecified atom stereocenters. The molecule has 0 spiro atoms. The molecule has 1 N–H and O–H groups in total. The van der Waals surface area contributed by atoms with Gasteiger partial charge in [-0.2, -0.15) is 11.8 Å². The fourth-order valence-electron chi connectivity index (χ4n) is 1.73. The van der Waals surface area contributed by atoms with E-state index in [1.807, 2.05) is 11.8 Å². The van der Waals surface area contributed by atoms with Gasteiger partial charge >= 0.3 is 0 Å². The zero-order valence-electron chi connectivity index (χ0n) is 8.47. The quantitative estimate of drug-likeness (QED) is 0.886. The average molecular weight is 290 g/mol. The Morgan fingerprint density at radius 3 is 2.93 bits per heavy atom. The van der Waals surface area contributed by atoms with Crippen molar-refractivity contribution in [2.45, 2.75) is 24.6 Å². The molecule has 1 fully saturated rings. The Morgan fingerprint density at radius 1 is 1.53 bits per heavy atom. The molecule has 0 saturated carbocycles. The van der Waals surface area contributed by atoms with E-state index in [4.69, 9.17) is 0 Å². The van der Waals surface area contributed by atoms with Crippen molar-refractivity contribution in [3.05, 3.63) is 28.5 Å². The normalized spacial score (nSPS) is 25.5. The van der Waals surface area contributed by atoms with Crippen LogP contribution in [0.2, 0.25) is 0 Å². The van der Waals surface area contributed by atoms with Gasteiger partial charge in [-0.3, -0.25) is 0 Å². The molecule has 1 nitrogen and oxygen atoms in total. The molecule has 1 aromatic rings. The number of halogens is 2. The van der Waals surface area contributed by atoms with Crippen LogP contribution in [0, 0.1) is 5.82 Å². The molecule has 1 aliphatic heterocycles. The third-order valence-electron chi connectivity index (χ3n) is 2.65. The van der Waals surface area contributed by atoms with Crippen LogP contribution in [0.3, 0.4) is 0 Å². The van der Waals surface area contributed by atoms with E-state index in [0.29, 0.717) is 11.3 Å². The zero-order valence-corrected chi connectivity index (χ0v) is 10.9. The Balaban J connectivity index is 2.10. The van der Waals surface area contributed by atoms with Gasteiger partial charge in [0.15, 0.2) is 0 Å². The Labute approximate surface area is 102 Å². The van der Waals surface area contributed by atoms with Gasteiger partial charge in [0.05, 0.1) is 0 Å². The molecule has 0 bridgehead atoms. The average Bonchev–Trinajstić information content (AvgIpc) is 2.57. The van der Waals surface area contributed by atoms with Crippen LogP contribution in [-0.2, 0) is 0 Å². The van der Waals surface area contributed by atoms with Crippen LogP contribution in [0.5, 0.6) is 0 Å². The molecule has 0 amide bonds. The van der Waals surface area contributed by atoms with Gasteiger partial charge in [-0.15, -0.1) is 0 Å². The van der Waals surface area contributed by atoms with E-state index in [0.717, 1.165) is 10.2 Å². The third-order valence-corrected chi connectivity index (χ3v) is 4.63. The molecule has 1 aliphatic rings. The highest BCUT2D eigenvalue weighted by molar-refractivity contribution is 9.10. The third kappa shape index (κ3) is 2.67. The highest BCUT2D eigenvalue weighted by Crippen LogP contribution is 2.31. The fourth-order valence-corrected chi connectivity index (χ4v) is 3.39. The molecule has 15 heavy (non-hydrogen) atoms. The first kappa shape index (κ1) is 11.3. The number of nitrogens with one attached hydrogen (secondary N) is 1. The zero-order chi connectivity index (χ0) is 10.8. The van der Waals surface area contributed by atoms with Crippen molar-refractivity contribution in [2.24, 2.45) is 0 Å². The Hall–Kier alpha value is -0.220. The van der Waals surface area contributed by atoms with Crippen molar-refractivity contribution < 1.29 is 4.39 Å². The Morgan fingerprint density at radius 2 is 2.33 bits per heavy atom. The molecular formula is C11H13BrFNS. The predicted molar refractivity (Wildman–Crippen MR) is 68.0 cm³/mol. The second-order valence-electron chi connectivity index (χ2n) is 3.74. The maximum absolute atomic E-state index is 12.9. The lowest BCUT2D eigenvalue weighted by atomic mass is 10.1. The molecule has 1 aromatic carbocycles. The monoisotopic (exact) mass is 289 g/mol. The molecule has 4 heteroatoms. The van der Waals surface area contributed by atoms with Crippen molar-refractivity contribution in [2.75, 3.05) is 11.1 Å². The maximum atomic E-state index is 12.9. The molecule has 2 atom stereocenters. The van der Waals surface area contributed by atoms with Gasteiger partial charge in [0.25, 0.3) is 0 Å². The smallest absolute Gasteiger partial charge is 0.124 e. The highest BCUT2D eigenvalue weighted by atomic mass is 79.9. The van der Waals surface area contributed by atoms with Crippen LogP contribution in [0.15, 0.2) is 22.7 Å². The number of benzene rings is 1. The van der Waals surface area contributed by atoms with Crippen molar-refractivity contribution in [3.8, 4) is 0 Å². The standard InChI is InChI=1S/C11H13BrFNS/c1-7-10(4-5-15-7)14-11-3-2-8(13)6-9(11)12/h2-3,6-7,10,14H,4-5H2,1H3. The van der Waals surface area contributed by atoms with Crippen molar-refractivity contribution in [1.82, 2.24) is 0 Å². The van der Waals surface area contributed by atoms with Crippen LogP contribution in [-0.4, -0.2) is 17.0 Å². The summed E-state index contributed by atoms with van der Waals surface area (Å²) in [5.41, 5.74) is 0.982. The highest BCUT2D eigenvalue weighted by Gasteiger charge is 2.24. The minimum absolute atomic E-state index is 0.207. The SMILES string of the molecule is CC1SCCC1Nc1ccc(F)cc1Br. The van der Waals surface area contributed by atoms with E-state index >= 15 is 0 Å². The van der Waals surface area contributed by atoms with E-state index in [-0.39, 0.29) is 5.82 Å². The van der Waals surface area contributed by atoms with E-state index < -0.39 is 0 Å². The number of hydrogen-bond acceptors (Lipinski definition) is 2. The van der Waals surface area contributed by atoms with Crippen LogP contribution < -0.4 is 5.32 Å². The van der Waals surface area contributed by atoms with E-state index in [9.17, 15) is 4.39 Å². The number of anilines is 1. The van der Waals surface area contributed by atoms with Crippen LogP contribution in [0.1, 0.15) is 13.3 Å². The summed E-state index contributed by atoms with van der Waals surface area (Å²) in [5.74, 6) is 0.999. The topological polar surface area (TPSA) is 12.0 Å². The first-order valence-electron chi connectivity index (χ1n) is 5.00. The summed E-state index contributed by atoms with van der Waals surface area (Å²) < 4.78 is 13.7. The van der Waals surface area contributed by atoms with Gasteiger partial charge in [0, 0.05) is 21.5 Å². The van der Waals surface area contributed by atoms with Gasteiger partial charge in [-0.1, -0.05) is 6.92 Å². The van der Waals surface area contributed by atoms with Crippen LogP contribution in [0.25, 0.3) is 0 Å². The molecule has 0 aromatic heterocycles. The fraction of sp³-hybridized carbons (Fsp3) is 0.455. The lowest BCUT2D eigenvalue weighted by molar-refractivity contribution is 0.626. The molecular weight excluding hydrogens is 277 g/mol. The first-order chi connectivity index (χ1) is 7.16. The lowest BCUT2D eigenvalue weighted by Gasteiger charge is -2.18. The van der Waals surface area contributed by atoms with Gasteiger partial charge in [-0.05, 0) is 46.3 Å². The summed E-state index contributed by atoms with van der Waals surface area (Å²) in [6, 6.07) is 5.26. The summed E-state index contributed by atoms with van der Waals surface area (Å²) in [5, 5.41) is 4.08. The summed E-state index contributed by atoms with van der Waals surface area (Å²) in [6.07, 6.45) is 1.18. The van der Waals surface area contributed by atoms with Gasteiger partial charge in [-0.25, -0.2) is 4.39 Å². The lowest BCUT2D eigenvalue weighted by Crippen LogP contribution is -2.24. The Kier molecular flexibility index (Phi) is 3.57. The Bertz CT molecular complexity index is 358. The number of thioether (sulfide) groups is 1. The largest absolute Gasteiger partial charge is 0.380 e. The van der Waals surface area contributed by atoms with Crippen LogP contribution >= 0.6 is 27.7 Å². The van der Waals surface area contributed by atoms with Gasteiger partial charge < -0.3 is 5.32 Å². The summed E-state index contributed by atoms with van der Waals surface area (Å²) in [6.45, 7) is 2.23. The predicted octanol–water partition coefficient (Wildman–Crippen LogP) is 3.89. The van der Waals surface area contributed by atoms with Crippen molar-refractivity contribution in [1.29, 1.82) is 0 Å². The molecule has 2 rings (SSSR count). The first-order valence-corrected chi connectivity index (χ1v) is 6.84. The van der Waals surface area contributed by atoms with Crippen molar-refractivity contribution >= 4 is 33.4 Å². The second kappa shape index (κ2) is 4.74. The molecule has 0 aliphatic carbocycles. The van der Waals surface area contributed by atoms with Crippen molar-refractivity contribution in [3.63, 3.8) is 0 Å². The second-order valence-corrected chi connectivity index (χ2v) is 6.08. The molecule has 1 saturated heterocycles. The van der Waals surface area contributed by atoms with Gasteiger partial charge in [0.2, 0.25) is 0 Å². The summed E-state index contributed by atoms with van der Waals surface area (Å²) >= 11 is 5.35. The molecule has 1 heterocycles.